The molecule has 0 bridgehead atoms. The molecular weight excluding hydrogens is 725 g/mol. The molecule has 1 fully saturated rings. The van der Waals surface area contributed by atoms with Crippen LogP contribution in [0.15, 0.2) is 91.0 Å². The second kappa shape index (κ2) is 22.1. The Labute approximate surface area is 336 Å². The summed E-state index contributed by atoms with van der Waals surface area (Å²) in [7, 11) is 1.53. The standard InChI is InChI=1S/C44H58N6O7/c1-29(2)25-35-40(52)46-34(23-15-16-24-45-44(56)57-28-33-21-13-8-14-22-33)39(51)48-36(26-31-17-9-6-10-18-31)43(55)50(5)37(27-32-19-11-7-12-20-32)41(53)49-38(30(3)4)42(54)47-35/h6-14,17-22,29-30,34-38H,15-16,23-28H2,1-5H3,(H,45,56)(H,46,52)(H,47,54)(H,48,51)(H,49,53)/t34-,35-,36-,37+,38-/m0/s1. The molecule has 0 aromatic heterocycles. The Hall–Kier alpha value is -5.72. The number of nitrogens with zero attached hydrogens (tertiary/aromatic N) is 1. The third-order valence-corrected chi connectivity index (χ3v) is 9.91. The van der Waals surface area contributed by atoms with Crippen molar-refractivity contribution in [3.05, 3.63) is 108 Å². The Bertz CT molecular complexity index is 1770. The number of hydrogen-bond donors (Lipinski definition) is 5. The molecule has 6 amide bonds. The van der Waals surface area contributed by atoms with E-state index in [9.17, 15) is 28.8 Å². The molecule has 0 aliphatic carbocycles. The maximum atomic E-state index is 14.5. The Morgan fingerprint density at radius 2 is 1.18 bits per heavy atom. The fourth-order valence-corrected chi connectivity index (χ4v) is 6.69. The average molecular weight is 783 g/mol. The summed E-state index contributed by atoms with van der Waals surface area (Å²) in [5.41, 5.74) is 2.44. The van der Waals surface area contributed by atoms with Crippen molar-refractivity contribution < 1.29 is 33.5 Å². The van der Waals surface area contributed by atoms with Gasteiger partial charge in [-0.1, -0.05) is 119 Å². The van der Waals surface area contributed by atoms with Crippen LogP contribution in [0.3, 0.4) is 0 Å². The third kappa shape index (κ3) is 14.1. The van der Waals surface area contributed by atoms with Crippen LogP contribution in [-0.4, -0.2) is 84.3 Å². The largest absolute Gasteiger partial charge is 0.445 e. The molecule has 13 heteroatoms. The van der Waals surface area contributed by atoms with Gasteiger partial charge in [-0.2, -0.15) is 0 Å². The summed E-state index contributed by atoms with van der Waals surface area (Å²) in [5.74, 6) is -3.12. The van der Waals surface area contributed by atoms with Gasteiger partial charge in [-0.25, -0.2) is 4.79 Å². The number of benzene rings is 3. The van der Waals surface area contributed by atoms with Crippen LogP contribution < -0.4 is 26.6 Å². The molecule has 4 rings (SSSR count). The zero-order chi connectivity index (χ0) is 41.3. The van der Waals surface area contributed by atoms with Crippen molar-refractivity contribution in [2.75, 3.05) is 13.6 Å². The van der Waals surface area contributed by atoms with Gasteiger partial charge in [0.25, 0.3) is 0 Å². The molecule has 1 saturated heterocycles. The van der Waals surface area contributed by atoms with Gasteiger partial charge in [-0.05, 0) is 54.2 Å². The fraction of sp³-hybridized carbons (Fsp3) is 0.455. The predicted octanol–water partition coefficient (Wildman–Crippen LogP) is 4.05. The first-order valence-corrected chi connectivity index (χ1v) is 19.8. The minimum absolute atomic E-state index is 0.00741. The summed E-state index contributed by atoms with van der Waals surface area (Å²) in [6, 6.07) is 22.5. The van der Waals surface area contributed by atoms with Crippen LogP contribution in [0, 0.1) is 11.8 Å². The van der Waals surface area contributed by atoms with Gasteiger partial charge in [0.15, 0.2) is 0 Å². The molecule has 1 heterocycles. The lowest BCUT2D eigenvalue weighted by Crippen LogP contribution is -2.59. The highest BCUT2D eigenvalue weighted by Crippen LogP contribution is 2.16. The lowest BCUT2D eigenvalue weighted by Gasteiger charge is -2.33. The zero-order valence-electron chi connectivity index (χ0n) is 33.7. The molecule has 5 atom stereocenters. The first-order chi connectivity index (χ1) is 27.3. The fourth-order valence-electron chi connectivity index (χ4n) is 6.69. The number of nitrogens with one attached hydrogen (secondary N) is 5. The highest BCUT2D eigenvalue weighted by atomic mass is 16.5. The lowest BCUT2D eigenvalue weighted by molar-refractivity contribution is -0.143. The monoisotopic (exact) mass is 782 g/mol. The molecular formula is C44H58N6O7. The van der Waals surface area contributed by atoms with Crippen LogP contribution in [-0.2, 0) is 48.2 Å². The first-order valence-electron chi connectivity index (χ1n) is 19.8. The third-order valence-electron chi connectivity index (χ3n) is 9.91. The molecule has 1 aliphatic rings. The molecule has 0 spiro atoms. The normalized spacial score (nSPS) is 21.1. The number of amides is 6. The van der Waals surface area contributed by atoms with E-state index in [4.69, 9.17) is 4.74 Å². The SMILES string of the molecule is CC(C)C[C@@H]1NC(=O)[C@H](C(C)C)NC(=O)[C@@H](Cc2ccccc2)N(C)C(=O)[C@H](Cc2ccccc2)NC(=O)[C@H](CCCCNC(=O)OCc2ccccc2)NC1=O. The van der Waals surface area contributed by atoms with Crippen LogP contribution >= 0.6 is 0 Å². The summed E-state index contributed by atoms with van der Waals surface area (Å²) in [4.78, 5) is 84.6. The number of likely N-dealkylation sites (N-methyl/N-ethyl adjacent to an activating group) is 1. The molecule has 5 N–H and O–H groups in total. The second-order valence-corrected chi connectivity index (χ2v) is 15.4. The molecule has 1 aliphatic heterocycles. The Morgan fingerprint density at radius 1 is 0.649 bits per heavy atom. The second-order valence-electron chi connectivity index (χ2n) is 15.4. The molecule has 0 radical (unpaired) electrons. The number of carbonyl (C=O) groups is 6. The van der Waals surface area contributed by atoms with Gasteiger partial charge in [-0.3, -0.25) is 24.0 Å². The van der Waals surface area contributed by atoms with Crippen LogP contribution in [0.5, 0.6) is 0 Å². The Kier molecular flexibility index (Phi) is 17.1. The van der Waals surface area contributed by atoms with Crippen molar-refractivity contribution in [2.24, 2.45) is 11.8 Å². The van der Waals surface area contributed by atoms with Gasteiger partial charge in [0.05, 0.1) is 0 Å². The number of carbonyl (C=O) groups excluding carboxylic acids is 6. The van der Waals surface area contributed by atoms with E-state index >= 15 is 0 Å². The summed E-state index contributed by atoms with van der Waals surface area (Å²) in [6.45, 7) is 7.82. The van der Waals surface area contributed by atoms with Crippen molar-refractivity contribution in [3.63, 3.8) is 0 Å². The van der Waals surface area contributed by atoms with E-state index in [1.807, 2.05) is 105 Å². The average Bonchev–Trinajstić information content (AvgIpc) is 3.19. The highest BCUT2D eigenvalue weighted by Gasteiger charge is 2.38. The lowest BCUT2D eigenvalue weighted by atomic mass is 9.98. The zero-order valence-corrected chi connectivity index (χ0v) is 33.7. The van der Waals surface area contributed by atoms with Crippen LogP contribution in [0.2, 0.25) is 0 Å². The van der Waals surface area contributed by atoms with Crippen molar-refractivity contribution in [1.29, 1.82) is 0 Å². The van der Waals surface area contributed by atoms with Gasteiger partial charge in [0, 0.05) is 26.4 Å². The Morgan fingerprint density at radius 3 is 1.75 bits per heavy atom. The van der Waals surface area contributed by atoms with E-state index in [0.717, 1.165) is 16.7 Å². The Balaban J connectivity index is 1.63. The van der Waals surface area contributed by atoms with E-state index in [1.165, 1.54) is 11.9 Å². The van der Waals surface area contributed by atoms with Gasteiger partial charge in [-0.15, -0.1) is 0 Å². The molecule has 306 valence electrons. The van der Waals surface area contributed by atoms with E-state index in [-0.39, 0.29) is 50.7 Å². The minimum Gasteiger partial charge on any atom is -0.445 e. The summed E-state index contributed by atoms with van der Waals surface area (Å²) < 4.78 is 5.30. The number of unbranched alkanes of at least 4 members (excludes halogenated alkanes) is 1. The van der Waals surface area contributed by atoms with Gasteiger partial charge in [0.2, 0.25) is 29.5 Å². The maximum Gasteiger partial charge on any atom is 0.407 e. The van der Waals surface area contributed by atoms with Gasteiger partial charge in [0.1, 0.15) is 36.8 Å². The number of rotatable bonds is 14. The van der Waals surface area contributed by atoms with Crippen LogP contribution in [0.1, 0.15) is 70.1 Å². The quantitative estimate of drug-likeness (QED) is 0.153. The van der Waals surface area contributed by atoms with Gasteiger partial charge < -0.3 is 36.2 Å². The van der Waals surface area contributed by atoms with Crippen molar-refractivity contribution in [3.8, 4) is 0 Å². The molecule has 13 nitrogen and oxygen atoms in total. The predicted molar refractivity (Wildman–Crippen MR) is 217 cm³/mol. The van der Waals surface area contributed by atoms with E-state index in [2.05, 4.69) is 26.6 Å². The number of alkyl carbamates (subject to hydrolysis) is 1. The molecule has 57 heavy (non-hydrogen) atoms. The van der Waals surface area contributed by atoms with Gasteiger partial charge >= 0.3 is 6.09 Å². The molecule has 3 aromatic carbocycles. The topological polar surface area (TPSA) is 175 Å². The van der Waals surface area contributed by atoms with E-state index in [0.29, 0.717) is 12.8 Å². The molecule has 0 saturated carbocycles. The summed E-state index contributed by atoms with van der Waals surface area (Å²) in [5, 5.41) is 14.2. The van der Waals surface area contributed by atoms with E-state index < -0.39 is 65.8 Å². The van der Waals surface area contributed by atoms with Crippen molar-refractivity contribution in [1.82, 2.24) is 31.5 Å². The van der Waals surface area contributed by atoms with Crippen LogP contribution in [0.4, 0.5) is 4.79 Å². The number of hydrogen-bond acceptors (Lipinski definition) is 7. The van der Waals surface area contributed by atoms with Crippen LogP contribution in [0.25, 0.3) is 0 Å². The van der Waals surface area contributed by atoms with E-state index in [1.54, 1.807) is 13.8 Å². The first kappa shape index (κ1) is 44.0. The molecule has 0 unspecified atom stereocenters. The summed E-state index contributed by atoms with van der Waals surface area (Å²) in [6.07, 6.45) is 1.03. The maximum absolute atomic E-state index is 14.5. The minimum atomic E-state index is -1.10. The van der Waals surface area contributed by atoms with Crippen molar-refractivity contribution >= 4 is 35.6 Å². The molecule has 3 aromatic rings. The number of ether oxygens (including phenoxy) is 1. The summed E-state index contributed by atoms with van der Waals surface area (Å²) >= 11 is 0. The van der Waals surface area contributed by atoms with Crippen molar-refractivity contribution in [2.45, 2.75) is 103 Å². The smallest absolute Gasteiger partial charge is 0.407 e. The highest BCUT2D eigenvalue weighted by molar-refractivity contribution is 5.98.